The fourth-order valence-corrected chi connectivity index (χ4v) is 3.10. The summed E-state index contributed by atoms with van der Waals surface area (Å²) >= 11 is 1.76. The molecule has 2 rings (SSSR count). The summed E-state index contributed by atoms with van der Waals surface area (Å²) in [6.07, 6.45) is 4.43. The molecule has 1 aliphatic rings. The summed E-state index contributed by atoms with van der Waals surface area (Å²) in [6, 6.07) is 4.19. The van der Waals surface area contributed by atoms with Crippen molar-refractivity contribution in [3.05, 3.63) is 22.4 Å². The summed E-state index contributed by atoms with van der Waals surface area (Å²) in [5.74, 6) is 0. The number of methoxy groups -OCH3 is 1. The zero-order valence-electron chi connectivity index (χ0n) is 10.3. The van der Waals surface area contributed by atoms with Crippen LogP contribution < -0.4 is 5.32 Å². The molecule has 0 saturated heterocycles. The Morgan fingerprint density at radius 1 is 1.53 bits per heavy atom. The number of thiophene rings is 1. The molecule has 0 aromatic carbocycles. The minimum atomic E-state index is -0.0982. The molecule has 96 valence electrons. The minimum absolute atomic E-state index is 0.0982. The number of hydrogen-bond donors (Lipinski definition) is 2. The van der Waals surface area contributed by atoms with Gasteiger partial charge in [0.15, 0.2) is 0 Å². The van der Waals surface area contributed by atoms with Gasteiger partial charge in [-0.25, -0.2) is 0 Å². The molecule has 0 aliphatic heterocycles. The minimum Gasteiger partial charge on any atom is -0.394 e. The summed E-state index contributed by atoms with van der Waals surface area (Å²) in [7, 11) is 1.77. The van der Waals surface area contributed by atoms with E-state index in [1.165, 1.54) is 4.88 Å². The van der Waals surface area contributed by atoms with Gasteiger partial charge < -0.3 is 15.2 Å². The fourth-order valence-electron chi connectivity index (χ4n) is 2.46. The summed E-state index contributed by atoms with van der Waals surface area (Å²) in [4.78, 5) is 1.33. The lowest BCUT2D eigenvalue weighted by molar-refractivity contribution is 0.0227. The van der Waals surface area contributed by atoms with Gasteiger partial charge in [-0.05, 0) is 37.1 Å². The van der Waals surface area contributed by atoms with Crippen molar-refractivity contribution in [2.75, 3.05) is 13.7 Å². The smallest absolute Gasteiger partial charge is 0.0613 e. The Labute approximate surface area is 107 Å². The molecule has 2 N–H and O–H groups in total. The van der Waals surface area contributed by atoms with Gasteiger partial charge in [0.2, 0.25) is 0 Å². The highest BCUT2D eigenvalue weighted by Crippen LogP contribution is 2.30. The van der Waals surface area contributed by atoms with Crippen LogP contribution in [0, 0.1) is 0 Å². The van der Waals surface area contributed by atoms with Gasteiger partial charge in [-0.15, -0.1) is 11.3 Å². The Morgan fingerprint density at radius 3 is 2.82 bits per heavy atom. The molecule has 17 heavy (non-hydrogen) atoms. The number of hydrogen-bond acceptors (Lipinski definition) is 4. The Bertz CT molecular complexity index is 318. The molecular formula is C13H21NO2S. The lowest BCUT2D eigenvalue weighted by Crippen LogP contribution is -2.51. The first-order valence-corrected chi connectivity index (χ1v) is 7.07. The van der Waals surface area contributed by atoms with Crippen LogP contribution in [0.5, 0.6) is 0 Å². The highest BCUT2D eigenvalue weighted by Gasteiger charge is 2.34. The third kappa shape index (κ3) is 3.28. The zero-order valence-corrected chi connectivity index (χ0v) is 11.1. The predicted octanol–water partition coefficient (Wildman–Crippen LogP) is 2.16. The van der Waals surface area contributed by atoms with E-state index in [-0.39, 0.29) is 12.1 Å². The maximum atomic E-state index is 9.63. The van der Waals surface area contributed by atoms with Gasteiger partial charge in [-0.1, -0.05) is 6.07 Å². The van der Waals surface area contributed by atoms with Crippen LogP contribution in [0.4, 0.5) is 0 Å². The summed E-state index contributed by atoms with van der Waals surface area (Å²) in [6.45, 7) is 1.07. The number of rotatable bonds is 5. The topological polar surface area (TPSA) is 41.5 Å². The van der Waals surface area contributed by atoms with Crippen molar-refractivity contribution < 1.29 is 9.84 Å². The van der Waals surface area contributed by atoms with Crippen LogP contribution in [-0.4, -0.2) is 30.5 Å². The van der Waals surface area contributed by atoms with Crippen molar-refractivity contribution in [3.63, 3.8) is 0 Å². The van der Waals surface area contributed by atoms with Crippen LogP contribution in [0.1, 0.15) is 30.6 Å². The van der Waals surface area contributed by atoms with E-state index in [2.05, 4.69) is 22.8 Å². The molecule has 4 heteroatoms. The first kappa shape index (κ1) is 13.0. The molecule has 0 bridgehead atoms. The van der Waals surface area contributed by atoms with Gasteiger partial charge in [0.05, 0.1) is 12.7 Å². The van der Waals surface area contributed by atoms with Crippen molar-refractivity contribution in [1.82, 2.24) is 5.32 Å². The molecule has 1 fully saturated rings. The standard InChI is InChI=1S/C13H21NO2S/c1-16-11-4-6-13(10-15,7-5-11)14-9-12-3-2-8-17-12/h2-3,8,11,14-15H,4-7,9-10H2,1H3. The van der Waals surface area contributed by atoms with Gasteiger partial charge in [0.25, 0.3) is 0 Å². The molecule has 1 heterocycles. The van der Waals surface area contributed by atoms with Crippen LogP contribution >= 0.6 is 11.3 Å². The Morgan fingerprint density at radius 2 is 2.29 bits per heavy atom. The molecule has 1 aliphatic carbocycles. The second-order valence-corrected chi connectivity index (χ2v) is 5.84. The van der Waals surface area contributed by atoms with Gasteiger partial charge in [-0.3, -0.25) is 0 Å². The van der Waals surface area contributed by atoms with Crippen molar-refractivity contribution in [2.24, 2.45) is 0 Å². The van der Waals surface area contributed by atoms with E-state index in [1.54, 1.807) is 18.4 Å². The summed E-state index contributed by atoms with van der Waals surface area (Å²) in [5.41, 5.74) is -0.0982. The molecule has 0 radical (unpaired) electrons. The van der Waals surface area contributed by atoms with Gasteiger partial charge in [-0.2, -0.15) is 0 Å². The van der Waals surface area contributed by atoms with E-state index < -0.39 is 0 Å². The van der Waals surface area contributed by atoms with Crippen LogP contribution in [0.2, 0.25) is 0 Å². The molecule has 0 spiro atoms. The SMILES string of the molecule is COC1CCC(CO)(NCc2cccs2)CC1. The highest BCUT2D eigenvalue weighted by molar-refractivity contribution is 7.09. The maximum absolute atomic E-state index is 9.63. The van der Waals surface area contributed by atoms with Crippen molar-refractivity contribution in [1.29, 1.82) is 0 Å². The Hall–Kier alpha value is -0.420. The third-order valence-electron chi connectivity index (χ3n) is 3.74. The van der Waals surface area contributed by atoms with E-state index in [0.29, 0.717) is 6.10 Å². The second kappa shape index (κ2) is 5.96. The molecule has 0 atom stereocenters. The lowest BCUT2D eigenvalue weighted by Gasteiger charge is -2.39. The van der Waals surface area contributed by atoms with Crippen molar-refractivity contribution in [3.8, 4) is 0 Å². The number of nitrogens with one attached hydrogen (secondary N) is 1. The van der Waals surface area contributed by atoms with E-state index >= 15 is 0 Å². The molecule has 0 unspecified atom stereocenters. The van der Waals surface area contributed by atoms with E-state index in [9.17, 15) is 5.11 Å². The summed E-state index contributed by atoms with van der Waals surface area (Å²) in [5, 5.41) is 15.3. The number of aliphatic hydroxyl groups excluding tert-OH is 1. The second-order valence-electron chi connectivity index (χ2n) is 4.81. The molecule has 0 amide bonds. The molecular weight excluding hydrogens is 234 g/mol. The maximum Gasteiger partial charge on any atom is 0.0613 e. The van der Waals surface area contributed by atoms with Crippen LogP contribution in [0.3, 0.4) is 0 Å². The van der Waals surface area contributed by atoms with E-state index in [1.807, 2.05) is 0 Å². The largest absolute Gasteiger partial charge is 0.394 e. The lowest BCUT2D eigenvalue weighted by atomic mass is 9.81. The van der Waals surface area contributed by atoms with Crippen LogP contribution in [0.15, 0.2) is 17.5 Å². The molecule has 3 nitrogen and oxygen atoms in total. The average Bonchev–Trinajstić information content (AvgIpc) is 2.90. The quantitative estimate of drug-likeness (QED) is 0.847. The molecule has 1 aromatic heterocycles. The highest BCUT2D eigenvalue weighted by atomic mass is 32.1. The summed E-state index contributed by atoms with van der Waals surface area (Å²) < 4.78 is 5.37. The molecule has 1 aromatic rings. The Balaban J connectivity index is 1.87. The number of aliphatic hydroxyl groups is 1. The first-order valence-electron chi connectivity index (χ1n) is 6.19. The van der Waals surface area contributed by atoms with Gasteiger partial charge in [0, 0.05) is 24.1 Å². The van der Waals surface area contributed by atoms with Crippen LogP contribution in [0.25, 0.3) is 0 Å². The van der Waals surface area contributed by atoms with E-state index in [4.69, 9.17) is 4.74 Å². The normalized spacial score (nSPS) is 29.4. The van der Waals surface area contributed by atoms with Crippen molar-refractivity contribution in [2.45, 2.75) is 43.9 Å². The Kier molecular flexibility index (Phi) is 4.56. The molecule has 1 saturated carbocycles. The zero-order chi connectivity index (χ0) is 12.1. The van der Waals surface area contributed by atoms with Gasteiger partial charge >= 0.3 is 0 Å². The monoisotopic (exact) mass is 255 g/mol. The number of ether oxygens (including phenoxy) is 1. The van der Waals surface area contributed by atoms with Crippen LogP contribution in [-0.2, 0) is 11.3 Å². The predicted molar refractivity (Wildman–Crippen MR) is 70.2 cm³/mol. The van der Waals surface area contributed by atoms with Gasteiger partial charge in [0.1, 0.15) is 0 Å². The average molecular weight is 255 g/mol. The first-order chi connectivity index (χ1) is 8.28. The third-order valence-corrected chi connectivity index (χ3v) is 4.62. The fraction of sp³-hybridized carbons (Fsp3) is 0.692. The van der Waals surface area contributed by atoms with Crippen molar-refractivity contribution >= 4 is 11.3 Å². The van der Waals surface area contributed by atoms with E-state index in [0.717, 1.165) is 32.2 Å².